The normalized spacial score (nSPS) is 9.80. The Hall–Kier alpha value is -1.78. The molecule has 0 unspecified atom stereocenters. The molecule has 0 aromatic heterocycles. The van der Waals surface area contributed by atoms with Gasteiger partial charge in [-0.2, -0.15) is 0 Å². The van der Waals surface area contributed by atoms with Gasteiger partial charge in [-0.05, 0) is 12.1 Å². The van der Waals surface area contributed by atoms with Crippen LogP contribution in [0.2, 0.25) is 0 Å². The molecule has 0 saturated carbocycles. The van der Waals surface area contributed by atoms with Gasteiger partial charge in [0.05, 0.1) is 26.2 Å². The Morgan fingerprint density at radius 2 is 2.07 bits per heavy atom. The summed E-state index contributed by atoms with van der Waals surface area (Å²) < 4.78 is 23.0. The number of rotatable bonds is 4. The Morgan fingerprint density at radius 1 is 1.40 bits per heavy atom. The van der Waals surface area contributed by atoms with E-state index in [1.807, 2.05) is 0 Å². The highest BCUT2D eigenvalue weighted by atomic mass is 19.1. The summed E-state index contributed by atoms with van der Waals surface area (Å²) in [5.74, 6) is -1.46. The van der Waals surface area contributed by atoms with Gasteiger partial charge in [0, 0.05) is 0 Å². The Labute approximate surface area is 86.2 Å². The molecule has 0 atom stereocenters. The van der Waals surface area contributed by atoms with Crippen molar-refractivity contribution in [2.75, 3.05) is 14.2 Å². The summed E-state index contributed by atoms with van der Waals surface area (Å²) in [6.07, 6.45) is -0.343. The van der Waals surface area contributed by atoms with Gasteiger partial charge >= 0.3 is 5.97 Å². The minimum absolute atomic E-state index is 0.0863. The van der Waals surface area contributed by atoms with E-state index in [0.29, 0.717) is 5.75 Å². The van der Waals surface area contributed by atoms with Crippen molar-refractivity contribution in [2.45, 2.75) is 6.42 Å². The van der Waals surface area contributed by atoms with Crippen molar-refractivity contribution in [3.05, 3.63) is 23.5 Å². The molecule has 0 amide bonds. The lowest BCUT2D eigenvalue weighted by Gasteiger charge is -2.11. The summed E-state index contributed by atoms with van der Waals surface area (Å²) in [6, 6.07) is 2.54. The molecule has 82 valence electrons. The quantitative estimate of drug-likeness (QED) is 0.824. The second-order valence-electron chi connectivity index (χ2n) is 2.83. The van der Waals surface area contributed by atoms with Gasteiger partial charge in [-0.3, -0.25) is 4.79 Å². The average Bonchev–Trinajstić information content (AvgIpc) is 2.18. The molecule has 1 N–H and O–H groups in total. The zero-order valence-electron chi connectivity index (χ0n) is 8.41. The van der Waals surface area contributed by atoms with Crippen LogP contribution in [0.5, 0.6) is 11.5 Å². The van der Waals surface area contributed by atoms with E-state index in [1.165, 1.54) is 26.4 Å². The van der Waals surface area contributed by atoms with E-state index < -0.39 is 11.8 Å². The van der Waals surface area contributed by atoms with E-state index in [-0.39, 0.29) is 17.7 Å². The first-order chi connectivity index (χ1) is 7.10. The smallest absolute Gasteiger partial charge is 0.308 e. The fourth-order valence-electron chi connectivity index (χ4n) is 1.31. The molecule has 1 aromatic rings. The molecule has 0 spiro atoms. The maximum Gasteiger partial charge on any atom is 0.308 e. The zero-order chi connectivity index (χ0) is 11.4. The lowest BCUT2D eigenvalue weighted by atomic mass is 10.1. The summed E-state index contributed by atoms with van der Waals surface area (Å²) in [7, 11) is 2.67. The molecule has 1 rings (SSSR count). The summed E-state index contributed by atoms with van der Waals surface area (Å²) in [5, 5.41) is 8.66. The van der Waals surface area contributed by atoms with Crippen LogP contribution in [0, 0.1) is 5.82 Å². The summed E-state index contributed by atoms with van der Waals surface area (Å²) in [6.45, 7) is 0. The number of ether oxygens (including phenoxy) is 2. The van der Waals surface area contributed by atoms with Crippen LogP contribution in [0.15, 0.2) is 12.1 Å². The second-order valence-corrected chi connectivity index (χ2v) is 2.83. The number of benzene rings is 1. The number of methoxy groups -OCH3 is 2. The fraction of sp³-hybridized carbons (Fsp3) is 0.300. The van der Waals surface area contributed by atoms with Crippen molar-refractivity contribution in [2.24, 2.45) is 0 Å². The lowest BCUT2D eigenvalue weighted by molar-refractivity contribution is -0.136. The van der Waals surface area contributed by atoms with E-state index in [2.05, 4.69) is 0 Å². The predicted molar refractivity (Wildman–Crippen MR) is 50.8 cm³/mol. The third-order valence-electron chi connectivity index (χ3n) is 1.92. The summed E-state index contributed by atoms with van der Waals surface area (Å²) >= 11 is 0. The number of hydrogen-bond acceptors (Lipinski definition) is 3. The Kier molecular flexibility index (Phi) is 3.49. The Morgan fingerprint density at radius 3 is 2.53 bits per heavy atom. The molecule has 4 nitrogen and oxygen atoms in total. The predicted octanol–water partition coefficient (Wildman–Crippen LogP) is 1.47. The van der Waals surface area contributed by atoms with Gasteiger partial charge in [-0.1, -0.05) is 0 Å². The third-order valence-corrected chi connectivity index (χ3v) is 1.92. The lowest BCUT2D eigenvalue weighted by Crippen LogP contribution is -2.06. The van der Waals surface area contributed by atoms with E-state index >= 15 is 0 Å². The van der Waals surface area contributed by atoms with Gasteiger partial charge < -0.3 is 14.6 Å². The van der Waals surface area contributed by atoms with Crippen LogP contribution in [0.1, 0.15) is 5.56 Å². The Bertz CT molecular complexity index is 376. The van der Waals surface area contributed by atoms with Gasteiger partial charge in [0.2, 0.25) is 0 Å². The second kappa shape index (κ2) is 4.63. The maximum absolute atomic E-state index is 13.2. The first-order valence-electron chi connectivity index (χ1n) is 4.21. The maximum atomic E-state index is 13.2. The molecule has 0 radical (unpaired) electrons. The van der Waals surface area contributed by atoms with Gasteiger partial charge in [0.1, 0.15) is 5.75 Å². The van der Waals surface area contributed by atoms with Crippen molar-refractivity contribution in [1.82, 2.24) is 0 Å². The topological polar surface area (TPSA) is 55.8 Å². The van der Waals surface area contributed by atoms with Crippen molar-refractivity contribution in [1.29, 1.82) is 0 Å². The van der Waals surface area contributed by atoms with Crippen LogP contribution >= 0.6 is 0 Å². The largest absolute Gasteiger partial charge is 0.496 e. The third kappa shape index (κ3) is 2.37. The van der Waals surface area contributed by atoms with Crippen molar-refractivity contribution >= 4 is 5.97 Å². The molecule has 5 heteroatoms. The number of carboxylic acid groups (broad SMARTS) is 1. The van der Waals surface area contributed by atoms with E-state index in [4.69, 9.17) is 14.6 Å². The van der Waals surface area contributed by atoms with Gasteiger partial charge in [0.15, 0.2) is 11.6 Å². The zero-order valence-corrected chi connectivity index (χ0v) is 8.41. The van der Waals surface area contributed by atoms with Crippen LogP contribution in [-0.2, 0) is 11.2 Å². The number of carbonyl (C=O) groups is 1. The van der Waals surface area contributed by atoms with Crippen LogP contribution < -0.4 is 9.47 Å². The average molecular weight is 214 g/mol. The summed E-state index contributed by atoms with van der Waals surface area (Å²) in [4.78, 5) is 10.6. The minimum Gasteiger partial charge on any atom is -0.496 e. The molecule has 0 fully saturated rings. The van der Waals surface area contributed by atoms with Gasteiger partial charge in [0.25, 0.3) is 0 Å². The van der Waals surface area contributed by atoms with Crippen LogP contribution in [0.3, 0.4) is 0 Å². The van der Waals surface area contributed by atoms with Crippen LogP contribution in [0.4, 0.5) is 4.39 Å². The first kappa shape index (κ1) is 11.3. The fourth-order valence-corrected chi connectivity index (χ4v) is 1.31. The summed E-state index contributed by atoms with van der Waals surface area (Å²) in [5.41, 5.74) is 0.201. The molecule has 0 saturated heterocycles. The van der Waals surface area contributed by atoms with Crippen molar-refractivity contribution < 1.29 is 23.8 Å². The molecule has 0 bridgehead atoms. The molecule has 0 heterocycles. The van der Waals surface area contributed by atoms with Crippen LogP contribution in [-0.4, -0.2) is 25.3 Å². The number of halogens is 1. The highest BCUT2D eigenvalue weighted by Gasteiger charge is 2.17. The van der Waals surface area contributed by atoms with Gasteiger partial charge in [-0.15, -0.1) is 0 Å². The minimum atomic E-state index is -1.07. The molecule has 0 aliphatic carbocycles. The van der Waals surface area contributed by atoms with Crippen LogP contribution in [0.25, 0.3) is 0 Å². The highest BCUT2D eigenvalue weighted by Crippen LogP contribution is 2.31. The molecular weight excluding hydrogens is 203 g/mol. The molecule has 0 aliphatic heterocycles. The van der Waals surface area contributed by atoms with Gasteiger partial charge in [-0.25, -0.2) is 4.39 Å². The highest BCUT2D eigenvalue weighted by molar-refractivity contribution is 5.73. The molecule has 15 heavy (non-hydrogen) atoms. The number of hydrogen-bond donors (Lipinski definition) is 1. The van der Waals surface area contributed by atoms with E-state index in [0.717, 1.165) is 0 Å². The molecule has 0 aliphatic rings. The van der Waals surface area contributed by atoms with E-state index in [9.17, 15) is 9.18 Å². The number of aliphatic carboxylic acids is 1. The molecule has 1 aromatic carbocycles. The van der Waals surface area contributed by atoms with Crippen molar-refractivity contribution in [3.63, 3.8) is 0 Å². The first-order valence-corrected chi connectivity index (χ1v) is 4.21. The molecular formula is C10H11FO4. The SMILES string of the molecule is COc1ccc(F)c(OC)c1CC(=O)O. The monoisotopic (exact) mass is 214 g/mol. The Balaban J connectivity index is 3.26. The van der Waals surface area contributed by atoms with E-state index in [1.54, 1.807) is 0 Å². The van der Waals surface area contributed by atoms with Crippen molar-refractivity contribution in [3.8, 4) is 11.5 Å². The number of carboxylic acids is 1. The standard InChI is InChI=1S/C10H11FO4/c1-14-8-4-3-7(11)10(15-2)6(8)5-9(12)13/h3-4H,5H2,1-2H3,(H,12,13).